The van der Waals surface area contributed by atoms with Gasteiger partial charge in [0, 0.05) is 6.54 Å². The molecule has 1 aromatic heterocycles. The Bertz CT molecular complexity index is 319. The first-order chi connectivity index (χ1) is 7.13. The Morgan fingerprint density at radius 1 is 1.67 bits per heavy atom. The minimum absolute atomic E-state index is 0.186. The summed E-state index contributed by atoms with van der Waals surface area (Å²) >= 11 is 0. The molecule has 1 heterocycles. The standard InChI is InChI=1S/C10H15NO4/c1-7(12)5-11-6-8-3-4-9(15-8)10(13)14-2/h3-4,7,11-12H,5-6H2,1-2H3/t7-/m1/s1. The van der Waals surface area contributed by atoms with E-state index in [2.05, 4.69) is 10.1 Å². The van der Waals surface area contributed by atoms with Gasteiger partial charge in [0.15, 0.2) is 0 Å². The Balaban J connectivity index is 2.43. The van der Waals surface area contributed by atoms with Crippen molar-refractivity contribution in [3.8, 4) is 0 Å². The molecule has 0 aliphatic rings. The molecule has 0 saturated carbocycles. The third kappa shape index (κ3) is 3.73. The zero-order chi connectivity index (χ0) is 11.3. The van der Waals surface area contributed by atoms with Crippen molar-refractivity contribution in [2.45, 2.75) is 19.6 Å². The van der Waals surface area contributed by atoms with Gasteiger partial charge in [-0.05, 0) is 19.1 Å². The van der Waals surface area contributed by atoms with Crippen LogP contribution >= 0.6 is 0 Å². The number of hydrogen-bond acceptors (Lipinski definition) is 5. The van der Waals surface area contributed by atoms with Crippen molar-refractivity contribution in [2.75, 3.05) is 13.7 Å². The Morgan fingerprint density at radius 3 is 3.00 bits per heavy atom. The quantitative estimate of drug-likeness (QED) is 0.698. The smallest absolute Gasteiger partial charge is 0.373 e. The van der Waals surface area contributed by atoms with Crippen LogP contribution < -0.4 is 5.32 Å². The maximum absolute atomic E-state index is 11.0. The van der Waals surface area contributed by atoms with Crippen LogP contribution in [0.15, 0.2) is 16.5 Å². The van der Waals surface area contributed by atoms with Gasteiger partial charge in [0.1, 0.15) is 5.76 Å². The summed E-state index contributed by atoms with van der Waals surface area (Å²) in [4.78, 5) is 11.0. The van der Waals surface area contributed by atoms with Gasteiger partial charge in [-0.1, -0.05) is 0 Å². The van der Waals surface area contributed by atoms with Crippen LogP contribution in [-0.2, 0) is 11.3 Å². The Morgan fingerprint density at radius 2 is 2.40 bits per heavy atom. The van der Waals surface area contributed by atoms with Crippen molar-refractivity contribution in [1.29, 1.82) is 0 Å². The van der Waals surface area contributed by atoms with E-state index in [1.54, 1.807) is 19.1 Å². The van der Waals surface area contributed by atoms with Crippen LogP contribution in [0.25, 0.3) is 0 Å². The number of ether oxygens (including phenoxy) is 1. The molecule has 15 heavy (non-hydrogen) atoms. The summed E-state index contributed by atoms with van der Waals surface area (Å²) in [6.45, 7) is 2.64. The van der Waals surface area contributed by atoms with Crippen molar-refractivity contribution < 1.29 is 19.1 Å². The number of furan rings is 1. The molecule has 5 heteroatoms. The molecule has 1 atom stereocenters. The first-order valence-electron chi connectivity index (χ1n) is 4.69. The third-order valence-electron chi connectivity index (χ3n) is 1.79. The largest absolute Gasteiger partial charge is 0.463 e. The number of carbonyl (C=O) groups is 1. The Labute approximate surface area is 88.0 Å². The lowest BCUT2D eigenvalue weighted by Crippen LogP contribution is -2.23. The minimum Gasteiger partial charge on any atom is -0.463 e. The molecule has 5 nitrogen and oxygen atoms in total. The second-order valence-electron chi connectivity index (χ2n) is 3.24. The molecule has 0 spiro atoms. The van der Waals surface area contributed by atoms with Crippen molar-refractivity contribution in [1.82, 2.24) is 5.32 Å². The van der Waals surface area contributed by atoms with Crippen molar-refractivity contribution in [3.63, 3.8) is 0 Å². The predicted molar refractivity (Wildman–Crippen MR) is 53.4 cm³/mol. The maximum Gasteiger partial charge on any atom is 0.373 e. The lowest BCUT2D eigenvalue weighted by Gasteiger charge is -2.04. The number of aliphatic hydroxyl groups excluding tert-OH is 1. The molecular weight excluding hydrogens is 198 g/mol. The summed E-state index contributed by atoms with van der Waals surface area (Å²) in [6, 6.07) is 3.26. The van der Waals surface area contributed by atoms with Crippen LogP contribution in [0.1, 0.15) is 23.2 Å². The van der Waals surface area contributed by atoms with Crippen LogP contribution in [0.5, 0.6) is 0 Å². The van der Waals surface area contributed by atoms with Gasteiger partial charge in [-0.15, -0.1) is 0 Å². The van der Waals surface area contributed by atoms with Gasteiger partial charge in [0.25, 0.3) is 0 Å². The minimum atomic E-state index is -0.489. The van der Waals surface area contributed by atoms with E-state index in [4.69, 9.17) is 9.52 Å². The molecular formula is C10H15NO4. The number of esters is 1. The highest BCUT2D eigenvalue weighted by atomic mass is 16.5. The molecule has 0 fully saturated rings. The number of rotatable bonds is 5. The summed E-state index contributed by atoms with van der Waals surface area (Å²) in [7, 11) is 1.30. The zero-order valence-electron chi connectivity index (χ0n) is 8.82. The molecule has 84 valence electrons. The zero-order valence-corrected chi connectivity index (χ0v) is 8.82. The second kappa shape index (κ2) is 5.53. The van der Waals surface area contributed by atoms with Gasteiger partial charge in [-0.2, -0.15) is 0 Å². The molecule has 2 N–H and O–H groups in total. The van der Waals surface area contributed by atoms with Crippen LogP contribution in [0.4, 0.5) is 0 Å². The summed E-state index contributed by atoms with van der Waals surface area (Å²) in [5.41, 5.74) is 0. The maximum atomic E-state index is 11.0. The molecule has 1 aromatic rings. The summed E-state index contributed by atoms with van der Waals surface area (Å²) in [5.74, 6) is 0.333. The molecule has 1 rings (SSSR count). The molecule has 0 amide bonds. The Hall–Kier alpha value is -1.33. The highest BCUT2D eigenvalue weighted by molar-refractivity contribution is 5.86. The average Bonchev–Trinajstić information content (AvgIpc) is 2.65. The number of aliphatic hydroxyl groups is 1. The lowest BCUT2D eigenvalue weighted by molar-refractivity contribution is 0.0562. The van der Waals surface area contributed by atoms with Gasteiger partial charge < -0.3 is 19.6 Å². The molecule has 0 aromatic carbocycles. The highest BCUT2D eigenvalue weighted by Gasteiger charge is 2.10. The van der Waals surface area contributed by atoms with Gasteiger partial charge in [-0.3, -0.25) is 0 Å². The topological polar surface area (TPSA) is 71.7 Å². The molecule has 0 unspecified atom stereocenters. The van der Waals surface area contributed by atoms with E-state index in [-0.39, 0.29) is 5.76 Å². The summed E-state index contributed by atoms with van der Waals surface area (Å²) < 4.78 is 9.70. The van der Waals surface area contributed by atoms with E-state index < -0.39 is 12.1 Å². The van der Waals surface area contributed by atoms with Gasteiger partial charge in [-0.25, -0.2) is 4.79 Å². The third-order valence-corrected chi connectivity index (χ3v) is 1.79. The molecule has 0 aliphatic carbocycles. The van der Waals surface area contributed by atoms with Crippen LogP contribution in [0.3, 0.4) is 0 Å². The van der Waals surface area contributed by atoms with Crippen molar-refractivity contribution >= 4 is 5.97 Å². The van der Waals surface area contributed by atoms with Gasteiger partial charge >= 0.3 is 5.97 Å². The first-order valence-corrected chi connectivity index (χ1v) is 4.69. The van der Waals surface area contributed by atoms with E-state index in [0.29, 0.717) is 18.8 Å². The second-order valence-corrected chi connectivity index (χ2v) is 3.24. The van der Waals surface area contributed by atoms with Crippen LogP contribution in [0.2, 0.25) is 0 Å². The fourth-order valence-electron chi connectivity index (χ4n) is 1.09. The van der Waals surface area contributed by atoms with E-state index in [1.807, 2.05) is 0 Å². The predicted octanol–water partition coefficient (Wildman–Crippen LogP) is 0.537. The van der Waals surface area contributed by atoms with E-state index in [1.165, 1.54) is 7.11 Å². The highest BCUT2D eigenvalue weighted by Crippen LogP contribution is 2.08. The first kappa shape index (κ1) is 11.7. The van der Waals surface area contributed by atoms with Gasteiger partial charge in [0.2, 0.25) is 5.76 Å². The molecule has 0 radical (unpaired) electrons. The fourth-order valence-corrected chi connectivity index (χ4v) is 1.09. The van der Waals surface area contributed by atoms with Crippen LogP contribution in [0, 0.1) is 0 Å². The lowest BCUT2D eigenvalue weighted by atomic mass is 10.4. The van der Waals surface area contributed by atoms with Gasteiger partial charge in [0.05, 0.1) is 19.8 Å². The van der Waals surface area contributed by atoms with E-state index in [9.17, 15) is 4.79 Å². The van der Waals surface area contributed by atoms with Crippen molar-refractivity contribution in [2.24, 2.45) is 0 Å². The molecule has 0 bridgehead atoms. The Kier molecular flexibility index (Phi) is 4.33. The number of nitrogens with one attached hydrogen (secondary N) is 1. The normalized spacial score (nSPS) is 12.5. The fraction of sp³-hybridized carbons (Fsp3) is 0.500. The molecule has 0 aliphatic heterocycles. The summed E-state index contributed by atoms with van der Waals surface area (Å²) in [6.07, 6.45) is -0.403. The van der Waals surface area contributed by atoms with E-state index in [0.717, 1.165) is 0 Å². The number of carbonyl (C=O) groups excluding carboxylic acids is 1. The van der Waals surface area contributed by atoms with Crippen LogP contribution in [-0.4, -0.2) is 30.8 Å². The van der Waals surface area contributed by atoms with E-state index >= 15 is 0 Å². The number of hydrogen-bond donors (Lipinski definition) is 2. The summed E-state index contributed by atoms with van der Waals surface area (Å²) in [5, 5.41) is 12.0. The molecule has 0 saturated heterocycles. The van der Waals surface area contributed by atoms with Crippen molar-refractivity contribution in [3.05, 3.63) is 23.7 Å². The SMILES string of the molecule is COC(=O)c1ccc(CNC[C@@H](C)O)o1. The number of methoxy groups -OCH3 is 1. The monoisotopic (exact) mass is 213 g/mol. The average molecular weight is 213 g/mol.